The summed E-state index contributed by atoms with van der Waals surface area (Å²) in [5.41, 5.74) is 2.30. The van der Waals surface area contributed by atoms with Gasteiger partial charge in [-0.05, 0) is 37.1 Å². The molecule has 0 aliphatic carbocycles. The molecule has 0 aliphatic heterocycles. The number of unbranched alkanes of at least 4 members (excludes halogenated alkanes) is 1. The molecular formula is C17H23BrN2O. The van der Waals surface area contributed by atoms with Gasteiger partial charge in [0.15, 0.2) is 0 Å². The molecule has 0 amide bonds. The van der Waals surface area contributed by atoms with Gasteiger partial charge in [0.05, 0.1) is 5.52 Å². The van der Waals surface area contributed by atoms with Crippen LogP contribution in [0.5, 0.6) is 0 Å². The van der Waals surface area contributed by atoms with Gasteiger partial charge in [0.2, 0.25) is 0 Å². The maximum absolute atomic E-state index is 5.55. The van der Waals surface area contributed by atoms with Crippen molar-refractivity contribution in [3.8, 4) is 0 Å². The van der Waals surface area contributed by atoms with Gasteiger partial charge in [0.25, 0.3) is 0 Å². The van der Waals surface area contributed by atoms with E-state index < -0.39 is 0 Å². The number of hydrogen-bond acceptors (Lipinski definition) is 3. The maximum Gasteiger partial charge on any atom is 0.0758 e. The molecule has 1 heterocycles. The Balaban J connectivity index is 1.78. The summed E-state index contributed by atoms with van der Waals surface area (Å²) in [6.07, 6.45) is 5.25. The Morgan fingerprint density at radius 1 is 1.19 bits per heavy atom. The molecular weight excluding hydrogens is 328 g/mol. The van der Waals surface area contributed by atoms with E-state index in [4.69, 9.17) is 4.74 Å². The maximum atomic E-state index is 5.55. The average molecular weight is 351 g/mol. The predicted octanol–water partition coefficient (Wildman–Crippen LogP) is 4.29. The van der Waals surface area contributed by atoms with E-state index in [1.165, 1.54) is 17.4 Å². The molecule has 0 radical (unpaired) electrons. The van der Waals surface area contributed by atoms with Crippen LogP contribution in [0.25, 0.3) is 10.9 Å². The predicted molar refractivity (Wildman–Crippen MR) is 91.5 cm³/mol. The van der Waals surface area contributed by atoms with Gasteiger partial charge in [0, 0.05) is 35.8 Å². The van der Waals surface area contributed by atoms with Crippen molar-refractivity contribution >= 4 is 26.8 Å². The number of halogens is 1. The number of fused-ring (bicyclic) bond motifs is 1. The summed E-state index contributed by atoms with van der Waals surface area (Å²) in [7, 11) is 0. The van der Waals surface area contributed by atoms with Crippen LogP contribution in [0.1, 0.15) is 31.7 Å². The smallest absolute Gasteiger partial charge is 0.0758 e. The third-order valence-electron chi connectivity index (χ3n) is 3.40. The minimum absolute atomic E-state index is 0.840. The third-order valence-corrected chi connectivity index (χ3v) is 4.09. The number of nitrogens with one attached hydrogen (secondary N) is 1. The van der Waals surface area contributed by atoms with Crippen molar-refractivity contribution < 1.29 is 4.74 Å². The number of hydrogen-bond donors (Lipinski definition) is 1. The van der Waals surface area contributed by atoms with E-state index in [1.54, 1.807) is 0 Å². The van der Waals surface area contributed by atoms with Crippen LogP contribution in [0.2, 0.25) is 0 Å². The quantitative estimate of drug-likeness (QED) is 0.684. The first kappa shape index (κ1) is 16.4. The highest BCUT2D eigenvalue weighted by molar-refractivity contribution is 9.10. The van der Waals surface area contributed by atoms with Crippen molar-refractivity contribution in [2.75, 3.05) is 19.8 Å². The first-order valence-corrected chi connectivity index (χ1v) is 8.42. The third kappa shape index (κ3) is 5.06. The van der Waals surface area contributed by atoms with Crippen molar-refractivity contribution in [3.05, 3.63) is 40.5 Å². The van der Waals surface area contributed by atoms with E-state index in [0.717, 1.165) is 49.1 Å². The van der Waals surface area contributed by atoms with E-state index >= 15 is 0 Å². The summed E-state index contributed by atoms with van der Waals surface area (Å²) in [6.45, 7) is 5.72. The van der Waals surface area contributed by atoms with Crippen molar-refractivity contribution in [2.45, 2.75) is 32.7 Å². The fraction of sp³-hybridized carbons (Fsp3) is 0.471. The van der Waals surface area contributed by atoms with Gasteiger partial charge in [0.1, 0.15) is 0 Å². The normalized spacial score (nSPS) is 11.1. The Labute approximate surface area is 135 Å². The fourth-order valence-corrected chi connectivity index (χ4v) is 2.66. The lowest BCUT2D eigenvalue weighted by atomic mass is 10.1. The molecule has 1 aromatic heterocycles. The van der Waals surface area contributed by atoms with Gasteiger partial charge in [-0.25, -0.2) is 0 Å². The van der Waals surface area contributed by atoms with Crippen molar-refractivity contribution in [2.24, 2.45) is 0 Å². The van der Waals surface area contributed by atoms with Gasteiger partial charge in [-0.2, -0.15) is 0 Å². The van der Waals surface area contributed by atoms with Gasteiger partial charge in [-0.3, -0.25) is 4.98 Å². The highest BCUT2D eigenvalue weighted by Crippen LogP contribution is 2.24. The molecule has 1 aromatic carbocycles. The average Bonchev–Trinajstić information content (AvgIpc) is 2.52. The van der Waals surface area contributed by atoms with E-state index in [0.29, 0.717) is 0 Å². The van der Waals surface area contributed by atoms with Crippen LogP contribution in [0, 0.1) is 0 Å². The van der Waals surface area contributed by atoms with Gasteiger partial charge in [-0.15, -0.1) is 0 Å². The number of ether oxygens (including phenoxy) is 1. The van der Waals surface area contributed by atoms with E-state index in [9.17, 15) is 0 Å². The van der Waals surface area contributed by atoms with Gasteiger partial charge in [-0.1, -0.05) is 41.4 Å². The standard InChI is InChI=1S/C17H23BrN2O/c1-2-3-11-21-12-5-9-19-13-14-7-8-16(18)15-6-4-10-20-17(14)15/h4,6-8,10,19H,2-3,5,9,11-13H2,1H3. The molecule has 114 valence electrons. The Morgan fingerprint density at radius 2 is 2.05 bits per heavy atom. The Hall–Kier alpha value is -0.970. The number of nitrogens with zero attached hydrogens (tertiary/aromatic N) is 1. The molecule has 0 aliphatic rings. The van der Waals surface area contributed by atoms with Crippen LogP contribution < -0.4 is 5.32 Å². The van der Waals surface area contributed by atoms with Crippen LogP contribution in [0.3, 0.4) is 0 Å². The fourth-order valence-electron chi connectivity index (χ4n) is 2.21. The minimum Gasteiger partial charge on any atom is -0.381 e. The largest absolute Gasteiger partial charge is 0.381 e. The molecule has 0 saturated carbocycles. The molecule has 0 spiro atoms. The minimum atomic E-state index is 0.840. The zero-order valence-corrected chi connectivity index (χ0v) is 14.2. The van der Waals surface area contributed by atoms with E-state index in [2.05, 4.69) is 51.4 Å². The summed E-state index contributed by atoms with van der Waals surface area (Å²) in [6, 6.07) is 8.29. The summed E-state index contributed by atoms with van der Waals surface area (Å²) < 4.78 is 6.65. The summed E-state index contributed by atoms with van der Waals surface area (Å²) in [4.78, 5) is 4.50. The number of pyridine rings is 1. The van der Waals surface area contributed by atoms with Gasteiger partial charge < -0.3 is 10.1 Å². The molecule has 0 fully saturated rings. The summed E-state index contributed by atoms with van der Waals surface area (Å²) in [5, 5.41) is 4.64. The van der Waals surface area contributed by atoms with Crippen molar-refractivity contribution in [3.63, 3.8) is 0 Å². The lowest BCUT2D eigenvalue weighted by Gasteiger charge is -2.09. The Bertz CT molecular complexity index is 559. The number of aromatic nitrogens is 1. The second-order valence-electron chi connectivity index (χ2n) is 5.10. The summed E-state index contributed by atoms with van der Waals surface area (Å²) in [5.74, 6) is 0. The highest BCUT2D eigenvalue weighted by Gasteiger charge is 2.04. The SMILES string of the molecule is CCCCOCCCNCc1ccc(Br)c2cccnc12. The zero-order chi connectivity index (χ0) is 14.9. The van der Waals surface area contributed by atoms with E-state index in [1.807, 2.05) is 12.3 Å². The van der Waals surface area contributed by atoms with E-state index in [-0.39, 0.29) is 0 Å². The lowest BCUT2D eigenvalue weighted by Crippen LogP contribution is -2.17. The van der Waals surface area contributed by atoms with Crippen LogP contribution in [-0.2, 0) is 11.3 Å². The van der Waals surface area contributed by atoms with Crippen molar-refractivity contribution in [1.82, 2.24) is 10.3 Å². The summed E-state index contributed by atoms with van der Waals surface area (Å²) >= 11 is 3.58. The molecule has 2 rings (SSSR count). The molecule has 0 atom stereocenters. The highest BCUT2D eigenvalue weighted by atomic mass is 79.9. The molecule has 0 saturated heterocycles. The topological polar surface area (TPSA) is 34.1 Å². The molecule has 0 unspecified atom stereocenters. The zero-order valence-electron chi connectivity index (χ0n) is 12.6. The molecule has 4 heteroatoms. The van der Waals surface area contributed by atoms with Crippen LogP contribution in [0.15, 0.2) is 34.9 Å². The Morgan fingerprint density at radius 3 is 2.90 bits per heavy atom. The molecule has 0 bridgehead atoms. The molecule has 21 heavy (non-hydrogen) atoms. The molecule has 3 nitrogen and oxygen atoms in total. The second kappa shape index (κ2) is 9.13. The van der Waals surface area contributed by atoms with Crippen LogP contribution >= 0.6 is 15.9 Å². The second-order valence-corrected chi connectivity index (χ2v) is 5.96. The first-order chi connectivity index (χ1) is 10.3. The van der Waals surface area contributed by atoms with Crippen LogP contribution in [-0.4, -0.2) is 24.7 Å². The monoisotopic (exact) mass is 350 g/mol. The van der Waals surface area contributed by atoms with Gasteiger partial charge >= 0.3 is 0 Å². The van der Waals surface area contributed by atoms with Crippen molar-refractivity contribution in [1.29, 1.82) is 0 Å². The molecule has 2 aromatic rings. The Kier molecular flexibility index (Phi) is 7.13. The lowest BCUT2D eigenvalue weighted by molar-refractivity contribution is 0.129. The number of benzene rings is 1. The molecule has 1 N–H and O–H groups in total. The first-order valence-electron chi connectivity index (χ1n) is 7.63. The van der Waals surface area contributed by atoms with Crippen LogP contribution in [0.4, 0.5) is 0 Å². The number of rotatable bonds is 9.